The van der Waals surface area contributed by atoms with Crippen molar-refractivity contribution >= 4 is 11.8 Å². The van der Waals surface area contributed by atoms with E-state index in [1.54, 1.807) is 32.5 Å². The van der Waals surface area contributed by atoms with Crippen molar-refractivity contribution in [3.63, 3.8) is 0 Å². The van der Waals surface area contributed by atoms with E-state index in [0.717, 1.165) is 36.6 Å². The van der Waals surface area contributed by atoms with Gasteiger partial charge < -0.3 is 19.1 Å². The first-order chi connectivity index (χ1) is 12.2. The number of carbonyl (C=O) groups excluding carboxylic acids is 1. The van der Waals surface area contributed by atoms with Crippen LogP contribution in [-0.2, 0) is 4.74 Å². The maximum atomic E-state index is 12.0. The van der Waals surface area contributed by atoms with Crippen molar-refractivity contribution < 1.29 is 19.0 Å². The molecule has 1 aromatic carbocycles. The van der Waals surface area contributed by atoms with Crippen LogP contribution in [0.2, 0.25) is 0 Å². The minimum atomic E-state index is -0.370. The number of carbonyl (C=O) groups is 1. The van der Waals surface area contributed by atoms with Crippen LogP contribution in [0.5, 0.6) is 11.5 Å². The summed E-state index contributed by atoms with van der Waals surface area (Å²) in [7, 11) is 4.71. The number of anilines is 1. The summed E-state index contributed by atoms with van der Waals surface area (Å²) in [5, 5.41) is 0. The molecule has 1 aliphatic heterocycles. The third kappa shape index (κ3) is 3.38. The van der Waals surface area contributed by atoms with Crippen molar-refractivity contribution in [2.75, 3.05) is 39.3 Å². The Morgan fingerprint density at radius 2 is 2.04 bits per heavy atom. The summed E-state index contributed by atoms with van der Waals surface area (Å²) in [4.78, 5) is 18.5. The number of methoxy groups -OCH3 is 3. The van der Waals surface area contributed by atoms with E-state index in [2.05, 4.69) is 9.88 Å². The first-order valence-corrected chi connectivity index (χ1v) is 8.18. The first kappa shape index (κ1) is 17.1. The zero-order valence-electron chi connectivity index (χ0n) is 14.7. The highest BCUT2D eigenvalue weighted by molar-refractivity contribution is 5.94. The molecule has 1 aliphatic rings. The lowest BCUT2D eigenvalue weighted by molar-refractivity contribution is 0.0601. The maximum absolute atomic E-state index is 12.0. The van der Waals surface area contributed by atoms with Crippen molar-refractivity contribution in [3.05, 3.63) is 47.7 Å². The molecule has 0 amide bonds. The van der Waals surface area contributed by atoms with Crippen molar-refractivity contribution in [1.29, 1.82) is 0 Å². The van der Waals surface area contributed by atoms with Crippen LogP contribution in [0, 0.1) is 0 Å². The fourth-order valence-corrected chi connectivity index (χ4v) is 3.28. The molecule has 6 nitrogen and oxygen atoms in total. The number of esters is 1. The summed E-state index contributed by atoms with van der Waals surface area (Å²) in [5.41, 5.74) is 1.60. The molecule has 0 spiro atoms. The molecule has 1 atom stereocenters. The number of ether oxygens (including phenoxy) is 3. The minimum absolute atomic E-state index is 0.276. The van der Waals surface area contributed by atoms with Gasteiger partial charge in [-0.25, -0.2) is 9.78 Å². The van der Waals surface area contributed by atoms with E-state index < -0.39 is 0 Å². The standard InChI is InChI=1S/C19H22N2O4/c1-23-14-6-7-17(24-2)16(11-14)13-8-10-21(12-13)18-15(19(22)25-3)5-4-9-20-18/h4-7,9,11,13H,8,10,12H2,1-3H3. The van der Waals surface area contributed by atoms with Crippen LogP contribution >= 0.6 is 0 Å². The molecule has 6 heteroatoms. The smallest absolute Gasteiger partial charge is 0.341 e. The lowest BCUT2D eigenvalue weighted by Crippen LogP contribution is -2.23. The molecule has 1 saturated heterocycles. The summed E-state index contributed by atoms with van der Waals surface area (Å²) in [5.74, 6) is 2.23. The zero-order chi connectivity index (χ0) is 17.8. The number of aromatic nitrogens is 1. The molecule has 0 aliphatic carbocycles. The van der Waals surface area contributed by atoms with Gasteiger partial charge in [-0.3, -0.25) is 0 Å². The number of hydrogen-bond acceptors (Lipinski definition) is 6. The van der Waals surface area contributed by atoms with E-state index in [1.165, 1.54) is 7.11 Å². The van der Waals surface area contributed by atoms with Gasteiger partial charge in [0.15, 0.2) is 0 Å². The van der Waals surface area contributed by atoms with Gasteiger partial charge in [-0.05, 0) is 36.8 Å². The zero-order valence-corrected chi connectivity index (χ0v) is 14.7. The Bertz CT molecular complexity index is 763. The summed E-state index contributed by atoms with van der Waals surface area (Å²) >= 11 is 0. The molecule has 1 aromatic heterocycles. The second-order valence-electron chi connectivity index (χ2n) is 5.91. The monoisotopic (exact) mass is 342 g/mol. The predicted octanol–water partition coefficient (Wildman–Crippen LogP) is 2.88. The fourth-order valence-electron chi connectivity index (χ4n) is 3.28. The minimum Gasteiger partial charge on any atom is -0.497 e. The SMILES string of the molecule is COC(=O)c1cccnc1N1CCC(c2cc(OC)ccc2OC)C1. The van der Waals surface area contributed by atoms with Crippen LogP contribution in [0.3, 0.4) is 0 Å². The third-order valence-electron chi connectivity index (χ3n) is 4.56. The van der Waals surface area contributed by atoms with E-state index in [0.29, 0.717) is 11.4 Å². The highest BCUT2D eigenvalue weighted by Crippen LogP contribution is 2.37. The number of pyridine rings is 1. The summed E-state index contributed by atoms with van der Waals surface area (Å²) in [6, 6.07) is 9.33. The molecule has 0 saturated carbocycles. The van der Waals surface area contributed by atoms with Crippen LogP contribution < -0.4 is 14.4 Å². The molecule has 0 bridgehead atoms. The van der Waals surface area contributed by atoms with Gasteiger partial charge in [-0.15, -0.1) is 0 Å². The Morgan fingerprint density at radius 3 is 2.76 bits per heavy atom. The van der Waals surface area contributed by atoms with Crippen molar-refractivity contribution in [2.45, 2.75) is 12.3 Å². The van der Waals surface area contributed by atoms with E-state index in [1.807, 2.05) is 18.2 Å². The van der Waals surface area contributed by atoms with E-state index in [-0.39, 0.29) is 11.9 Å². The lowest BCUT2D eigenvalue weighted by Gasteiger charge is -2.20. The molecule has 0 radical (unpaired) electrons. The van der Waals surface area contributed by atoms with Gasteiger partial charge >= 0.3 is 5.97 Å². The van der Waals surface area contributed by atoms with Gasteiger partial charge in [0.05, 0.1) is 21.3 Å². The number of hydrogen-bond donors (Lipinski definition) is 0. The quantitative estimate of drug-likeness (QED) is 0.779. The van der Waals surface area contributed by atoms with E-state index >= 15 is 0 Å². The Hall–Kier alpha value is -2.76. The molecular formula is C19H22N2O4. The number of rotatable bonds is 5. The Morgan fingerprint density at radius 1 is 1.20 bits per heavy atom. The Labute approximate surface area is 147 Å². The van der Waals surface area contributed by atoms with E-state index in [9.17, 15) is 4.79 Å². The fraction of sp³-hybridized carbons (Fsp3) is 0.368. The normalized spacial score (nSPS) is 16.6. The van der Waals surface area contributed by atoms with Crippen molar-refractivity contribution in [2.24, 2.45) is 0 Å². The van der Waals surface area contributed by atoms with Gasteiger partial charge in [-0.2, -0.15) is 0 Å². The van der Waals surface area contributed by atoms with Crippen LogP contribution in [0.1, 0.15) is 28.3 Å². The largest absolute Gasteiger partial charge is 0.497 e. The molecule has 1 unspecified atom stereocenters. The van der Waals surface area contributed by atoms with Crippen LogP contribution in [0.15, 0.2) is 36.5 Å². The maximum Gasteiger partial charge on any atom is 0.341 e. The molecule has 132 valence electrons. The van der Waals surface area contributed by atoms with Gasteiger partial charge in [0.1, 0.15) is 22.9 Å². The third-order valence-corrected chi connectivity index (χ3v) is 4.56. The number of nitrogens with zero attached hydrogens (tertiary/aromatic N) is 2. The van der Waals surface area contributed by atoms with E-state index in [4.69, 9.17) is 14.2 Å². The molecule has 2 heterocycles. The topological polar surface area (TPSA) is 60.9 Å². The Balaban J connectivity index is 1.87. The molecular weight excluding hydrogens is 320 g/mol. The summed E-state index contributed by atoms with van der Waals surface area (Å²) in [6.07, 6.45) is 2.64. The number of benzene rings is 1. The highest BCUT2D eigenvalue weighted by Gasteiger charge is 2.29. The van der Waals surface area contributed by atoms with Crippen LogP contribution in [-0.4, -0.2) is 45.4 Å². The molecule has 25 heavy (non-hydrogen) atoms. The van der Waals surface area contributed by atoms with Crippen LogP contribution in [0.25, 0.3) is 0 Å². The van der Waals surface area contributed by atoms with Gasteiger partial charge in [-0.1, -0.05) is 0 Å². The average molecular weight is 342 g/mol. The first-order valence-electron chi connectivity index (χ1n) is 8.18. The second kappa shape index (κ2) is 7.42. The van der Waals surface area contributed by atoms with Gasteiger partial charge in [0.2, 0.25) is 0 Å². The van der Waals surface area contributed by atoms with Gasteiger partial charge in [0, 0.05) is 30.8 Å². The molecule has 0 N–H and O–H groups in total. The highest BCUT2D eigenvalue weighted by atomic mass is 16.5. The Kier molecular flexibility index (Phi) is 5.07. The molecule has 3 rings (SSSR count). The lowest BCUT2D eigenvalue weighted by atomic mass is 9.97. The second-order valence-corrected chi connectivity index (χ2v) is 5.91. The average Bonchev–Trinajstić information content (AvgIpc) is 3.16. The summed E-state index contributed by atoms with van der Waals surface area (Å²) in [6.45, 7) is 1.57. The van der Waals surface area contributed by atoms with Crippen molar-refractivity contribution in [1.82, 2.24) is 4.98 Å². The van der Waals surface area contributed by atoms with Crippen molar-refractivity contribution in [3.8, 4) is 11.5 Å². The molecule has 2 aromatic rings. The summed E-state index contributed by atoms with van der Waals surface area (Å²) < 4.78 is 15.7. The molecule has 1 fully saturated rings. The van der Waals surface area contributed by atoms with Gasteiger partial charge in [0.25, 0.3) is 0 Å². The van der Waals surface area contributed by atoms with Crippen LogP contribution in [0.4, 0.5) is 5.82 Å². The predicted molar refractivity (Wildman–Crippen MR) is 94.7 cm³/mol.